The predicted octanol–water partition coefficient (Wildman–Crippen LogP) is 4.75. The van der Waals surface area contributed by atoms with Gasteiger partial charge in [0.05, 0.1) is 11.4 Å². The Bertz CT molecular complexity index is 1210. The van der Waals surface area contributed by atoms with Crippen LogP contribution in [0.5, 0.6) is 0 Å². The lowest BCUT2D eigenvalue weighted by atomic mass is 9.96. The Hall–Kier alpha value is -3.26. The molecule has 8 heteroatoms. The summed E-state index contributed by atoms with van der Waals surface area (Å²) < 4.78 is 20.6. The molecule has 5 rings (SSSR count). The van der Waals surface area contributed by atoms with Crippen LogP contribution in [-0.2, 0) is 11.2 Å². The van der Waals surface area contributed by atoms with Crippen molar-refractivity contribution in [3.05, 3.63) is 47.7 Å². The van der Waals surface area contributed by atoms with E-state index in [4.69, 9.17) is 4.74 Å². The van der Waals surface area contributed by atoms with Gasteiger partial charge >= 0.3 is 6.09 Å². The van der Waals surface area contributed by atoms with Gasteiger partial charge in [-0.2, -0.15) is 0 Å². The number of piperidine rings is 1. The molecule has 0 saturated carbocycles. The van der Waals surface area contributed by atoms with E-state index in [1.807, 2.05) is 6.92 Å². The van der Waals surface area contributed by atoms with E-state index < -0.39 is 6.09 Å². The summed E-state index contributed by atoms with van der Waals surface area (Å²) in [6, 6.07) is 5.01. The molecule has 7 nitrogen and oxygen atoms in total. The summed E-state index contributed by atoms with van der Waals surface area (Å²) in [4.78, 5) is 23.4. The number of benzene rings is 1. The zero-order valence-corrected chi connectivity index (χ0v) is 18.9. The Kier molecular flexibility index (Phi) is 5.85. The van der Waals surface area contributed by atoms with Gasteiger partial charge in [0.2, 0.25) is 0 Å². The van der Waals surface area contributed by atoms with Gasteiger partial charge in [-0.05, 0) is 68.8 Å². The minimum absolute atomic E-state index is 0.0875. The predicted molar refractivity (Wildman–Crippen MR) is 127 cm³/mol. The minimum atomic E-state index is -0.514. The largest absolute Gasteiger partial charge is 0.446 e. The van der Waals surface area contributed by atoms with Crippen molar-refractivity contribution >= 4 is 28.4 Å². The fourth-order valence-electron chi connectivity index (χ4n) is 4.65. The third-order valence-electron chi connectivity index (χ3n) is 6.58. The molecule has 33 heavy (non-hydrogen) atoms. The number of hydrogen-bond donors (Lipinski definition) is 2. The number of rotatable bonds is 3. The molecule has 4 heterocycles. The highest BCUT2D eigenvalue weighted by molar-refractivity contribution is 5.92. The molecule has 2 aromatic heterocycles. The number of aryl methyl sites for hydroxylation is 1. The lowest BCUT2D eigenvalue weighted by molar-refractivity contribution is 0.0661. The van der Waals surface area contributed by atoms with Gasteiger partial charge in [0.15, 0.2) is 0 Å². The molecule has 1 fully saturated rings. The maximum atomic E-state index is 15.0. The quantitative estimate of drug-likeness (QED) is 0.601. The highest BCUT2D eigenvalue weighted by Crippen LogP contribution is 2.35. The van der Waals surface area contributed by atoms with Crippen molar-refractivity contribution in [1.29, 1.82) is 0 Å². The van der Waals surface area contributed by atoms with E-state index in [1.54, 1.807) is 24.5 Å². The van der Waals surface area contributed by atoms with Crippen LogP contribution in [0.3, 0.4) is 0 Å². The van der Waals surface area contributed by atoms with Crippen molar-refractivity contribution in [3.8, 4) is 11.1 Å². The Labute approximate surface area is 192 Å². The van der Waals surface area contributed by atoms with E-state index >= 15 is 4.39 Å². The SMILES string of the molecule is Cc1c(-c2cc3cc(NC(=O)OC4CCN(C)CC4)ncc3cc2F)cnc2c1NCCC2. The lowest BCUT2D eigenvalue weighted by Crippen LogP contribution is -2.36. The lowest BCUT2D eigenvalue weighted by Gasteiger charge is -2.28. The number of nitrogens with one attached hydrogen (secondary N) is 2. The molecule has 2 N–H and O–H groups in total. The Morgan fingerprint density at radius 1 is 1.15 bits per heavy atom. The number of anilines is 2. The maximum absolute atomic E-state index is 15.0. The van der Waals surface area contributed by atoms with Crippen LogP contribution in [0, 0.1) is 12.7 Å². The number of aromatic nitrogens is 2. The van der Waals surface area contributed by atoms with Crippen LogP contribution in [0.25, 0.3) is 21.9 Å². The fraction of sp³-hybridized carbons (Fsp3) is 0.400. The molecule has 2 aliphatic heterocycles. The van der Waals surface area contributed by atoms with Crippen LogP contribution in [0.1, 0.15) is 30.5 Å². The number of carbonyl (C=O) groups excluding carboxylic acids is 1. The van der Waals surface area contributed by atoms with Crippen molar-refractivity contribution < 1.29 is 13.9 Å². The Morgan fingerprint density at radius 2 is 1.97 bits per heavy atom. The molecule has 0 aliphatic carbocycles. The van der Waals surface area contributed by atoms with Crippen molar-refractivity contribution in [2.24, 2.45) is 0 Å². The molecule has 0 atom stereocenters. The number of nitrogens with zero attached hydrogens (tertiary/aromatic N) is 3. The summed E-state index contributed by atoms with van der Waals surface area (Å²) in [5, 5.41) is 7.56. The van der Waals surface area contributed by atoms with Crippen molar-refractivity contribution in [2.45, 2.75) is 38.7 Å². The summed E-state index contributed by atoms with van der Waals surface area (Å²) >= 11 is 0. The van der Waals surface area contributed by atoms with Crippen molar-refractivity contribution in [2.75, 3.05) is 37.3 Å². The first-order valence-electron chi connectivity index (χ1n) is 11.5. The fourth-order valence-corrected chi connectivity index (χ4v) is 4.65. The van der Waals surface area contributed by atoms with Gasteiger partial charge < -0.3 is 15.0 Å². The molecular formula is C25H28FN5O2. The zero-order valence-electron chi connectivity index (χ0n) is 18.9. The van der Waals surface area contributed by atoms with Crippen LogP contribution in [0.2, 0.25) is 0 Å². The first kappa shape index (κ1) is 21.6. The van der Waals surface area contributed by atoms with Gasteiger partial charge in [-0.1, -0.05) is 0 Å². The third kappa shape index (κ3) is 4.48. The second-order valence-corrected chi connectivity index (χ2v) is 8.93. The molecule has 1 amide bonds. The van der Waals surface area contributed by atoms with Gasteiger partial charge in [-0.3, -0.25) is 10.3 Å². The van der Waals surface area contributed by atoms with Gasteiger partial charge in [0.1, 0.15) is 17.7 Å². The van der Waals surface area contributed by atoms with E-state index in [9.17, 15) is 4.79 Å². The molecule has 0 unspecified atom stereocenters. The number of likely N-dealkylation sites (tertiary alicyclic amines) is 1. The topological polar surface area (TPSA) is 79.4 Å². The van der Waals surface area contributed by atoms with Crippen molar-refractivity contribution in [1.82, 2.24) is 14.9 Å². The normalized spacial score (nSPS) is 16.8. The number of carbonyl (C=O) groups is 1. The number of fused-ring (bicyclic) bond motifs is 2. The van der Waals surface area contributed by atoms with Gasteiger partial charge in [0, 0.05) is 48.5 Å². The summed E-state index contributed by atoms with van der Waals surface area (Å²) in [5.74, 6) is 0.0484. The van der Waals surface area contributed by atoms with Gasteiger partial charge in [-0.15, -0.1) is 0 Å². The van der Waals surface area contributed by atoms with E-state index in [1.165, 1.54) is 6.07 Å². The highest BCUT2D eigenvalue weighted by Gasteiger charge is 2.21. The van der Waals surface area contributed by atoms with E-state index in [0.717, 1.165) is 73.2 Å². The number of pyridine rings is 2. The van der Waals surface area contributed by atoms with Crippen LogP contribution in [0.15, 0.2) is 30.6 Å². The molecule has 0 radical (unpaired) electrons. The van der Waals surface area contributed by atoms with Crippen molar-refractivity contribution in [3.63, 3.8) is 0 Å². The first-order chi connectivity index (χ1) is 16.0. The zero-order chi connectivity index (χ0) is 22.9. The summed E-state index contributed by atoms with van der Waals surface area (Å²) in [7, 11) is 2.06. The van der Waals surface area contributed by atoms with E-state index in [2.05, 4.69) is 32.5 Å². The van der Waals surface area contributed by atoms with Gasteiger partial charge in [-0.25, -0.2) is 14.2 Å². The van der Waals surface area contributed by atoms with Crippen LogP contribution in [-0.4, -0.2) is 53.7 Å². The minimum Gasteiger partial charge on any atom is -0.446 e. The monoisotopic (exact) mass is 449 g/mol. The Morgan fingerprint density at radius 3 is 2.79 bits per heavy atom. The second kappa shape index (κ2) is 8.94. The average Bonchev–Trinajstić information content (AvgIpc) is 2.81. The number of hydrogen-bond acceptors (Lipinski definition) is 6. The first-order valence-corrected chi connectivity index (χ1v) is 11.5. The average molecular weight is 450 g/mol. The van der Waals surface area contributed by atoms with E-state index in [0.29, 0.717) is 16.8 Å². The molecule has 172 valence electrons. The standard InChI is InChI=1S/C25H28FN5O2/c1-15-20(14-28-22-4-3-7-27-24(15)22)19-10-16-12-23(29-13-17(16)11-21(19)26)30-25(32)33-18-5-8-31(2)9-6-18/h10-14,18,27H,3-9H2,1-2H3,(H,29,30,32). The maximum Gasteiger partial charge on any atom is 0.413 e. The third-order valence-corrected chi connectivity index (χ3v) is 6.58. The molecule has 1 aromatic carbocycles. The summed E-state index contributed by atoms with van der Waals surface area (Å²) in [6.45, 7) is 4.71. The Balaban J connectivity index is 1.40. The number of amides is 1. The molecule has 0 bridgehead atoms. The number of halogens is 1. The molecular weight excluding hydrogens is 421 g/mol. The number of ether oxygens (including phenoxy) is 1. The van der Waals surface area contributed by atoms with Gasteiger partial charge in [0.25, 0.3) is 0 Å². The second-order valence-electron chi connectivity index (χ2n) is 8.93. The molecule has 0 spiro atoms. The van der Waals surface area contributed by atoms with E-state index in [-0.39, 0.29) is 11.9 Å². The molecule has 3 aromatic rings. The highest BCUT2D eigenvalue weighted by atomic mass is 19.1. The summed E-state index contributed by atoms with van der Waals surface area (Å²) in [5.41, 5.74) is 4.27. The van der Waals surface area contributed by atoms with Crippen LogP contribution < -0.4 is 10.6 Å². The molecule has 1 saturated heterocycles. The van der Waals surface area contributed by atoms with Crippen LogP contribution in [0.4, 0.5) is 20.7 Å². The van der Waals surface area contributed by atoms with Crippen LogP contribution >= 0.6 is 0 Å². The smallest absolute Gasteiger partial charge is 0.413 e. The summed E-state index contributed by atoms with van der Waals surface area (Å²) in [6.07, 6.45) is 6.33. The molecule has 2 aliphatic rings.